The van der Waals surface area contributed by atoms with Gasteiger partial charge in [-0.05, 0) is 89.6 Å². The van der Waals surface area contributed by atoms with E-state index >= 15 is 4.39 Å². The van der Waals surface area contributed by atoms with Crippen LogP contribution in [0.5, 0.6) is 0 Å². The SMILES string of the molecule is N=S(N)c1ccc(Cc2c(-c3ccc(F)c(-c4cccc(F)c4)c3)nn(-c3nc(C(=O)O)cs3)c2CC2CC2)cc1F. The lowest BCUT2D eigenvalue weighted by Gasteiger charge is -2.11. The van der Waals surface area contributed by atoms with Crippen molar-refractivity contribution in [1.82, 2.24) is 14.8 Å². The number of benzene rings is 3. The molecule has 1 saturated carbocycles. The molecule has 0 bridgehead atoms. The van der Waals surface area contributed by atoms with E-state index in [-0.39, 0.29) is 22.6 Å². The molecule has 6 rings (SSSR count). The Bertz CT molecular complexity index is 1870. The van der Waals surface area contributed by atoms with Crippen LogP contribution in [0.2, 0.25) is 0 Å². The van der Waals surface area contributed by atoms with Crippen LogP contribution in [-0.4, -0.2) is 25.8 Å². The Labute approximate surface area is 245 Å². The van der Waals surface area contributed by atoms with Crippen molar-refractivity contribution in [2.24, 2.45) is 11.1 Å². The lowest BCUT2D eigenvalue weighted by Crippen LogP contribution is -2.07. The molecule has 1 aliphatic carbocycles. The van der Waals surface area contributed by atoms with Crippen LogP contribution in [0, 0.1) is 28.1 Å². The third kappa shape index (κ3) is 5.65. The van der Waals surface area contributed by atoms with Crippen molar-refractivity contribution < 1.29 is 23.1 Å². The molecule has 0 saturated heterocycles. The second kappa shape index (κ2) is 11.3. The van der Waals surface area contributed by atoms with Crippen molar-refractivity contribution in [2.45, 2.75) is 30.6 Å². The molecule has 5 aromatic rings. The quantitative estimate of drug-likeness (QED) is 0.168. The van der Waals surface area contributed by atoms with Crippen LogP contribution >= 0.6 is 11.3 Å². The first kappa shape index (κ1) is 28.0. The summed E-state index contributed by atoms with van der Waals surface area (Å²) in [6.07, 6.45) is 2.96. The normalized spacial score (nSPS) is 13.8. The number of hydrogen-bond donors (Lipinski definition) is 3. The Kier molecular flexibility index (Phi) is 7.52. The van der Waals surface area contributed by atoms with Crippen LogP contribution in [-0.2, 0) is 23.7 Å². The number of nitrogens with two attached hydrogens (primary N) is 1. The predicted octanol–water partition coefficient (Wildman–Crippen LogP) is 6.93. The van der Waals surface area contributed by atoms with Crippen LogP contribution in [0.15, 0.2) is 70.9 Å². The van der Waals surface area contributed by atoms with E-state index in [4.69, 9.17) is 15.0 Å². The molecule has 0 spiro atoms. The van der Waals surface area contributed by atoms with Gasteiger partial charge in [-0.3, -0.25) is 9.92 Å². The highest BCUT2D eigenvalue weighted by molar-refractivity contribution is 7.83. The maximum absolute atomic E-state index is 15.0. The molecular weight excluding hydrogens is 583 g/mol. The maximum Gasteiger partial charge on any atom is 0.355 e. The zero-order valence-electron chi connectivity index (χ0n) is 22.0. The lowest BCUT2D eigenvalue weighted by molar-refractivity contribution is 0.0691. The first-order chi connectivity index (χ1) is 20.2. The van der Waals surface area contributed by atoms with Gasteiger partial charge in [-0.15, -0.1) is 11.3 Å². The Morgan fingerprint density at radius 3 is 2.55 bits per heavy atom. The molecule has 42 heavy (non-hydrogen) atoms. The van der Waals surface area contributed by atoms with Crippen LogP contribution < -0.4 is 5.14 Å². The van der Waals surface area contributed by atoms with Crippen molar-refractivity contribution >= 4 is 28.2 Å². The topological polar surface area (TPSA) is 118 Å². The Morgan fingerprint density at radius 2 is 1.88 bits per heavy atom. The fourth-order valence-corrected chi connectivity index (χ4v) is 6.17. The first-order valence-corrected chi connectivity index (χ1v) is 15.2. The summed E-state index contributed by atoms with van der Waals surface area (Å²) in [5.74, 6) is -2.35. The summed E-state index contributed by atoms with van der Waals surface area (Å²) >= 11 is 1.14. The van der Waals surface area contributed by atoms with Gasteiger partial charge in [0.15, 0.2) is 5.69 Å². The van der Waals surface area contributed by atoms with E-state index in [9.17, 15) is 18.7 Å². The van der Waals surface area contributed by atoms with Gasteiger partial charge in [0.2, 0.25) is 5.13 Å². The molecule has 3 aromatic carbocycles. The highest BCUT2D eigenvalue weighted by atomic mass is 32.2. The van der Waals surface area contributed by atoms with E-state index in [1.807, 2.05) is 0 Å². The molecule has 1 aliphatic rings. The third-order valence-electron chi connectivity index (χ3n) is 7.15. The molecule has 0 aliphatic heterocycles. The molecule has 1 unspecified atom stereocenters. The fraction of sp³-hybridized carbons (Fsp3) is 0.167. The van der Waals surface area contributed by atoms with Gasteiger partial charge >= 0.3 is 5.97 Å². The van der Waals surface area contributed by atoms with Gasteiger partial charge in [-0.2, -0.15) is 5.10 Å². The average Bonchev–Trinajstić information content (AvgIpc) is 3.51. The van der Waals surface area contributed by atoms with Gasteiger partial charge in [0.25, 0.3) is 0 Å². The summed E-state index contributed by atoms with van der Waals surface area (Å²) in [5.41, 5.74) is 3.70. The highest BCUT2D eigenvalue weighted by Gasteiger charge is 2.29. The summed E-state index contributed by atoms with van der Waals surface area (Å²) in [6.45, 7) is 0. The molecule has 0 amide bonds. The number of aromatic carboxylic acids is 1. The third-order valence-corrected chi connectivity index (χ3v) is 8.77. The second-order valence-electron chi connectivity index (χ2n) is 10.1. The van der Waals surface area contributed by atoms with Crippen LogP contribution in [0.25, 0.3) is 27.5 Å². The molecule has 1 atom stereocenters. The van der Waals surface area contributed by atoms with Crippen LogP contribution in [0.4, 0.5) is 13.2 Å². The number of nitrogens with zero attached hydrogens (tertiary/aromatic N) is 3. The van der Waals surface area contributed by atoms with Crippen molar-refractivity contribution in [3.63, 3.8) is 0 Å². The van der Waals surface area contributed by atoms with Crippen molar-refractivity contribution in [3.05, 3.63) is 106 Å². The molecule has 0 radical (unpaired) electrons. The smallest absolute Gasteiger partial charge is 0.355 e. The summed E-state index contributed by atoms with van der Waals surface area (Å²) in [4.78, 5) is 16.0. The first-order valence-electron chi connectivity index (χ1n) is 13.0. The monoisotopic (exact) mass is 607 g/mol. The molecule has 4 N–H and O–H groups in total. The fourth-order valence-electron chi connectivity index (χ4n) is 4.91. The number of hydrogen-bond acceptors (Lipinski definition) is 5. The van der Waals surface area contributed by atoms with Gasteiger partial charge in [0.05, 0.1) is 16.3 Å². The number of thiazole rings is 1. The highest BCUT2D eigenvalue weighted by Crippen LogP contribution is 2.39. The summed E-state index contributed by atoms with van der Waals surface area (Å²) in [5, 5.41) is 21.8. The minimum atomic E-state index is -1.49. The van der Waals surface area contributed by atoms with Crippen molar-refractivity contribution in [2.75, 3.05) is 0 Å². The molecular formula is C30H24F3N5O2S2. The van der Waals surface area contributed by atoms with E-state index in [1.165, 1.54) is 41.8 Å². The summed E-state index contributed by atoms with van der Waals surface area (Å²) in [7, 11) is -1.49. The summed E-state index contributed by atoms with van der Waals surface area (Å²) < 4.78 is 53.3. The Hall–Kier alpha value is -4.13. The number of carboxylic acid groups (broad SMARTS) is 1. The van der Waals surface area contributed by atoms with E-state index in [0.29, 0.717) is 39.9 Å². The Morgan fingerprint density at radius 1 is 1.07 bits per heavy atom. The zero-order valence-corrected chi connectivity index (χ0v) is 23.6. The van der Waals surface area contributed by atoms with Crippen LogP contribution in [0.3, 0.4) is 0 Å². The van der Waals surface area contributed by atoms with Gasteiger partial charge in [-0.25, -0.2) is 27.6 Å². The molecule has 2 aromatic heterocycles. The number of nitrogens with one attached hydrogen (secondary N) is 1. The number of aromatic nitrogens is 3. The number of halogens is 3. The molecule has 214 valence electrons. The van der Waals surface area contributed by atoms with Gasteiger partial charge in [0.1, 0.15) is 17.5 Å². The van der Waals surface area contributed by atoms with Gasteiger partial charge < -0.3 is 5.11 Å². The number of rotatable bonds is 9. The van der Waals surface area contributed by atoms with E-state index < -0.39 is 34.3 Å². The Balaban J connectivity index is 1.54. The van der Waals surface area contributed by atoms with Crippen molar-refractivity contribution in [1.29, 1.82) is 4.78 Å². The van der Waals surface area contributed by atoms with E-state index in [2.05, 4.69) is 4.98 Å². The molecule has 1 fully saturated rings. The maximum atomic E-state index is 15.0. The molecule has 2 heterocycles. The van der Waals surface area contributed by atoms with Gasteiger partial charge in [0, 0.05) is 28.5 Å². The van der Waals surface area contributed by atoms with Crippen LogP contribution in [0.1, 0.15) is 40.2 Å². The zero-order chi connectivity index (χ0) is 29.5. The van der Waals surface area contributed by atoms with E-state index in [1.54, 1.807) is 28.9 Å². The number of carboxylic acids is 1. The average molecular weight is 608 g/mol. The predicted molar refractivity (Wildman–Crippen MR) is 155 cm³/mol. The standard InChI is InChI=1S/C30H24F3N5O2S2/c31-20-3-1-2-18(13-20)21-14-19(7-8-23(21)32)28-22(10-17-6-9-27(42(34)35)24(33)11-17)26(12-16-4-5-16)38(37-28)30-36-25(15-41-30)29(39)40/h1-3,6-9,11,13-16H,4-5,10,12H2,(H3,34,35)(H,39,40). The number of carbonyl (C=O) groups is 1. The van der Waals surface area contributed by atoms with Crippen molar-refractivity contribution in [3.8, 4) is 27.5 Å². The molecule has 12 heteroatoms. The lowest BCUT2D eigenvalue weighted by atomic mass is 9.95. The summed E-state index contributed by atoms with van der Waals surface area (Å²) in [6, 6.07) is 14.7. The van der Waals surface area contributed by atoms with Gasteiger partial charge in [-0.1, -0.05) is 18.2 Å². The molecule has 7 nitrogen and oxygen atoms in total. The minimum Gasteiger partial charge on any atom is -0.476 e. The minimum absolute atomic E-state index is 0.105. The largest absolute Gasteiger partial charge is 0.476 e. The second-order valence-corrected chi connectivity index (χ2v) is 12.1. The van der Waals surface area contributed by atoms with E-state index in [0.717, 1.165) is 35.4 Å².